The van der Waals surface area contributed by atoms with Gasteiger partial charge in [0, 0.05) is 12.2 Å². The molecule has 1 aromatic heterocycles. The lowest BCUT2D eigenvalue weighted by molar-refractivity contribution is -0.113. The van der Waals surface area contributed by atoms with Gasteiger partial charge in [0.1, 0.15) is 5.75 Å². The number of ether oxygens (including phenoxy) is 1. The molecule has 2 aromatic carbocycles. The third-order valence-corrected chi connectivity index (χ3v) is 6.53. The molecule has 170 valence electrons. The van der Waals surface area contributed by atoms with E-state index in [0.29, 0.717) is 39.2 Å². The summed E-state index contributed by atoms with van der Waals surface area (Å²) in [5.74, 6) is 1.98. The Kier molecular flexibility index (Phi) is 8.45. The second-order valence-corrected chi connectivity index (χ2v) is 9.29. The molecular formula is C23H26Cl2N4O2S. The number of carbonyl (C=O) groups excluding carboxylic acids is 1. The van der Waals surface area contributed by atoms with Crippen molar-refractivity contribution in [3.63, 3.8) is 0 Å². The highest BCUT2D eigenvalue weighted by Crippen LogP contribution is 2.27. The highest BCUT2D eigenvalue weighted by Gasteiger charge is 2.19. The SMILES string of the molecule is CCn1c(SCC(=O)Nc2ccc(Cl)c(Cl)c2)nnc1C(C)Oc1ccc(C(C)C)cc1. The number of hydrogen-bond donors (Lipinski definition) is 1. The van der Waals surface area contributed by atoms with E-state index < -0.39 is 0 Å². The van der Waals surface area contributed by atoms with Crippen LogP contribution >= 0.6 is 35.0 Å². The normalized spacial score (nSPS) is 12.1. The molecule has 0 saturated heterocycles. The Bertz CT molecular complexity index is 1070. The van der Waals surface area contributed by atoms with Crippen LogP contribution in [0.1, 0.15) is 51.1 Å². The van der Waals surface area contributed by atoms with Crippen molar-refractivity contribution in [2.45, 2.75) is 51.4 Å². The van der Waals surface area contributed by atoms with Crippen molar-refractivity contribution in [2.75, 3.05) is 11.1 Å². The summed E-state index contributed by atoms with van der Waals surface area (Å²) in [6.45, 7) is 8.94. The summed E-state index contributed by atoms with van der Waals surface area (Å²) in [5.41, 5.74) is 1.85. The number of amides is 1. The second-order valence-electron chi connectivity index (χ2n) is 7.53. The van der Waals surface area contributed by atoms with Crippen LogP contribution < -0.4 is 10.1 Å². The standard InChI is InChI=1S/C23H26Cl2N4O2S/c1-5-29-22(15(4)31-18-9-6-16(7-10-18)14(2)3)27-28-23(29)32-13-21(30)26-17-8-11-19(24)20(25)12-17/h6-12,14-15H,5,13H2,1-4H3,(H,26,30). The van der Waals surface area contributed by atoms with Gasteiger partial charge in [0.05, 0.1) is 15.8 Å². The maximum Gasteiger partial charge on any atom is 0.234 e. The summed E-state index contributed by atoms with van der Waals surface area (Å²) in [6, 6.07) is 13.1. The van der Waals surface area contributed by atoms with Crippen LogP contribution in [0.25, 0.3) is 0 Å². The Morgan fingerprint density at radius 1 is 1.09 bits per heavy atom. The van der Waals surface area contributed by atoms with Crippen molar-refractivity contribution in [1.29, 1.82) is 0 Å². The molecule has 32 heavy (non-hydrogen) atoms. The molecule has 1 heterocycles. The minimum absolute atomic E-state index is 0.171. The number of halogens is 2. The van der Waals surface area contributed by atoms with Gasteiger partial charge in [-0.15, -0.1) is 10.2 Å². The lowest BCUT2D eigenvalue weighted by atomic mass is 10.0. The number of nitrogens with zero attached hydrogens (tertiary/aromatic N) is 3. The average Bonchev–Trinajstić information content (AvgIpc) is 3.18. The van der Waals surface area contributed by atoms with Gasteiger partial charge < -0.3 is 14.6 Å². The van der Waals surface area contributed by atoms with Crippen LogP contribution in [0.3, 0.4) is 0 Å². The van der Waals surface area contributed by atoms with E-state index in [1.807, 2.05) is 30.5 Å². The number of hydrogen-bond acceptors (Lipinski definition) is 5. The van der Waals surface area contributed by atoms with Crippen LogP contribution in [-0.2, 0) is 11.3 Å². The molecule has 3 aromatic rings. The van der Waals surface area contributed by atoms with E-state index in [2.05, 4.69) is 41.5 Å². The first-order valence-corrected chi connectivity index (χ1v) is 12.1. The Morgan fingerprint density at radius 2 is 1.81 bits per heavy atom. The molecule has 1 atom stereocenters. The molecule has 0 radical (unpaired) electrons. The number of thioether (sulfide) groups is 1. The maximum absolute atomic E-state index is 12.3. The fourth-order valence-corrected chi connectivity index (χ4v) is 4.20. The van der Waals surface area contributed by atoms with Gasteiger partial charge in [-0.2, -0.15) is 0 Å². The fraction of sp³-hybridized carbons (Fsp3) is 0.348. The predicted octanol–water partition coefficient (Wildman–Crippen LogP) is 6.60. The van der Waals surface area contributed by atoms with E-state index >= 15 is 0 Å². The molecule has 9 heteroatoms. The van der Waals surface area contributed by atoms with Crippen molar-refractivity contribution >= 4 is 46.6 Å². The van der Waals surface area contributed by atoms with Crippen LogP contribution in [0.5, 0.6) is 5.75 Å². The number of benzene rings is 2. The summed E-state index contributed by atoms with van der Waals surface area (Å²) in [7, 11) is 0. The molecule has 0 fully saturated rings. The topological polar surface area (TPSA) is 69.0 Å². The zero-order valence-corrected chi connectivity index (χ0v) is 20.8. The summed E-state index contributed by atoms with van der Waals surface area (Å²) < 4.78 is 8.04. The molecule has 0 aliphatic carbocycles. The van der Waals surface area contributed by atoms with E-state index in [1.54, 1.807) is 18.2 Å². The molecule has 1 N–H and O–H groups in total. The third kappa shape index (κ3) is 6.18. The Hall–Kier alpha value is -2.22. The van der Waals surface area contributed by atoms with Crippen LogP contribution in [0.4, 0.5) is 5.69 Å². The van der Waals surface area contributed by atoms with E-state index in [4.69, 9.17) is 27.9 Å². The van der Waals surface area contributed by atoms with Crippen molar-refractivity contribution in [3.8, 4) is 5.75 Å². The molecule has 1 amide bonds. The first-order valence-electron chi connectivity index (χ1n) is 10.4. The van der Waals surface area contributed by atoms with Crippen LogP contribution in [0, 0.1) is 0 Å². The summed E-state index contributed by atoms with van der Waals surface area (Å²) in [6.07, 6.45) is -0.285. The lowest BCUT2D eigenvalue weighted by Crippen LogP contribution is -2.15. The van der Waals surface area contributed by atoms with Crippen LogP contribution in [-0.4, -0.2) is 26.4 Å². The highest BCUT2D eigenvalue weighted by atomic mass is 35.5. The number of rotatable bonds is 9. The van der Waals surface area contributed by atoms with Crippen molar-refractivity contribution in [3.05, 3.63) is 63.9 Å². The number of anilines is 1. The highest BCUT2D eigenvalue weighted by molar-refractivity contribution is 7.99. The Balaban J connectivity index is 1.62. The number of nitrogens with one attached hydrogen (secondary N) is 1. The summed E-state index contributed by atoms with van der Waals surface area (Å²) >= 11 is 13.2. The smallest absolute Gasteiger partial charge is 0.234 e. The number of aromatic nitrogens is 3. The maximum atomic E-state index is 12.3. The van der Waals surface area contributed by atoms with Gasteiger partial charge in [0.25, 0.3) is 0 Å². The minimum Gasteiger partial charge on any atom is -0.483 e. The third-order valence-electron chi connectivity index (χ3n) is 4.82. The molecule has 0 bridgehead atoms. The van der Waals surface area contributed by atoms with Gasteiger partial charge in [-0.3, -0.25) is 4.79 Å². The molecule has 1 unspecified atom stereocenters. The molecule has 3 rings (SSSR count). The van der Waals surface area contributed by atoms with E-state index in [0.717, 1.165) is 5.75 Å². The zero-order valence-electron chi connectivity index (χ0n) is 18.4. The fourth-order valence-electron chi connectivity index (χ4n) is 3.09. The zero-order chi connectivity index (χ0) is 23.3. The van der Waals surface area contributed by atoms with Gasteiger partial charge in [-0.25, -0.2) is 0 Å². The first-order chi connectivity index (χ1) is 15.3. The largest absolute Gasteiger partial charge is 0.483 e. The van der Waals surface area contributed by atoms with E-state index in [9.17, 15) is 4.79 Å². The van der Waals surface area contributed by atoms with Gasteiger partial charge in [0.15, 0.2) is 17.1 Å². The Labute approximate surface area is 202 Å². The van der Waals surface area contributed by atoms with Gasteiger partial charge >= 0.3 is 0 Å². The molecule has 0 spiro atoms. The molecule has 0 saturated carbocycles. The summed E-state index contributed by atoms with van der Waals surface area (Å²) in [4.78, 5) is 12.3. The van der Waals surface area contributed by atoms with Gasteiger partial charge in [-0.05, 0) is 55.7 Å². The Morgan fingerprint density at radius 3 is 2.44 bits per heavy atom. The van der Waals surface area contributed by atoms with Gasteiger partial charge in [-0.1, -0.05) is 60.9 Å². The van der Waals surface area contributed by atoms with Crippen LogP contribution in [0.15, 0.2) is 47.6 Å². The summed E-state index contributed by atoms with van der Waals surface area (Å²) in [5, 5.41) is 12.9. The van der Waals surface area contributed by atoms with Crippen LogP contribution in [0.2, 0.25) is 10.0 Å². The lowest BCUT2D eigenvalue weighted by Gasteiger charge is -2.16. The molecular weight excluding hydrogens is 467 g/mol. The van der Waals surface area contributed by atoms with Crippen molar-refractivity contribution in [2.24, 2.45) is 0 Å². The first kappa shape index (κ1) is 24.4. The van der Waals surface area contributed by atoms with E-state index in [1.165, 1.54) is 17.3 Å². The average molecular weight is 493 g/mol. The monoisotopic (exact) mass is 492 g/mol. The molecule has 0 aliphatic heterocycles. The second kappa shape index (κ2) is 11.1. The molecule has 6 nitrogen and oxygen atoms in total. The van der Waals surface area contributed by atoms with Gasteiger partial charge in [0.2, 0.25) is 5.91 Å². The quantitative estimate of drug-likeness (QED) is 0.340. The minimum atomic E-state index is -0.285. The van der Waals surface area contributed by atoms with E-state index in [-0.39, 0.29) is 17.8 Å². The number of carbonyl (C=O) groups is 1. The molecule has 0 aliphatic rings. The predicted molar refractivity (Wildman–Crippen MR) is 131 cm³/mol. The van der Waals surface area contributed by atoms with Crippen molar-refractivity contribution in [1.82, 2.24) is 14.8 Å². The van der Waals surface area contributed by atoms with Crippen molar-refractivity contribution < 1.29 is 9.53 Å².